The van der Waals surface area contributed by atoms with Crippen LogP contribution < -0.4 is 0 Å². The van der Waals surface area contributed by atoms with Crippen molar-refractivity contribution < 1.29 is 15.0 Å². The highest BCUT2D eigenvalue weighted by molar-refractivity contribution is 5.87. The van der Waals surface area contributed by atoms with Gasteiger partial charge in [0.2, 0.25) is 0 Å². The van der Waals surface area contributed by atoms with Crippen molar-refractivity contribution in [2.45, 2.75) is 46.1 Å². The molecule has 1 fully saturated rings. The number of aliphatic hydroxyl groups is 1. The molecule has 0 unspecified atom stereocenters. The van der Waals surface area contributed by atoms with Crippen LogP contribution in [-0.2, 0) is 4.79 Å². The van der Waals surface area contributed by atoms with Gasteiger partial charge in [-0.1, -0.05) is 24.6 Å². The van der Waals surface area contributed by atoms with Crippen molar-refractivity contribution in [3.05, 3.63) is 23.3 Å². The van der Waals surface area contributed by atoms with E-state index in [1.807, 2.05) is 6.08 Å². The summed E-state index contributed by atoms with van der Waals surface area (Å²) in [5, 5.41) is 19.1. The van der Waals surface area contributed by atoms with E-state index in [1.54, 1.807) is 0 Å². The van der Waals surface area contributed by atoms with Crippen LogP contribution in [0.25, 0.3) is 0 Å². The fraction of sp³-hybridized carbons (Fsp3) is 0.667. The second-order valence-corrected chi connectivity index (χ2v) is 6.15. The molecule has 0 aromatic rings. The molecule has 0 saturated heterocycles. The number of hydrogen-bond acceptors (Lipinski definition) is 2. The molecule has 0 heterocycles. The Morgan fingerprint density at radius 1 is 1.56 bits per heavy atom. The lowest BCUT2D eigenvalue weighted by molar-refractivity contribution is -0.133. The zero-order valence-electron chi connectivity index (χ0n) is 11.3. The number of fused-ring (bicyclic) bond motifs is 1. The van der Waals surface area contributed by atoms with Gasteiger partial charge >= 0.3 is 5.97 Å². The van der Waals surface area contributed by atoms with Crippen molar-refractivity contribution in [1.82, 2.24) is 0 Å². The highest BCUT2D eigenvalue weighted by Crippen LogP contribution is 2.66. The van der Waals surface area contributed by atoms with Crippen molar-refractivity contribution in [2.24, 2.45) is 17.3 Å². The normalized spacial score (nSPS) is 37.6. The third-order valence-corrected chi connectivity index (χ3v) is 4.54. The summed E-state index contributed by atoms with van der Waals surface area (Å²) in [5.74, 6) is -0.380. The molecule has 3 nitrogen and oxygen atoms in total. The first-order valence-corrected chi connectivity index (χ1v) is 6.61. The standard InChI is InChI=1S/C15H22O3/c1-9(2)5-4-6-15(3)11-7-10(14(17)18)8-12(16)13(11)15/h5,7,11-13,16H,4,6,8H2,1-3H3,(H,17,18)/t11-,12+,13-,15+/m1/s1. The number of carboxylic acids is 1. The van der Waals surface area contributed by atoms with Crippen LogP contribution >= 0.6 is 0 Å². The molecule has 2 rings (SSSR count). The quantitative estimate of drug-likeness (QED) is 0.754. The van der Waals surface area contributed by atoms with Gasteiger partial charge in [0.05, 0.1) is 6.10 Å². The van der Waals surface area contributed by atoms with E-state index < -0.39 is 12.1 Å². The first-order chi connectivity index (χ1) is 8.36. The summed E-state index contributed by atoms with van der Waals surface area (Å²) in [6, 6.07) is 0. The molecule has 100 valence electrons. The zero-order chi connectivity index (χ0) is 13.5. The molecule has 0 bridgehead atoms. The van der Waals surface area contributed by atoms with Gasteiger partial charge in [-0.15, -0.1) is 0 Å². The smallest absolute Gasteiger partial charge is 0.331 e. The van der Waals surface area contributed by atoms with E-state index in [4.69, 9.17) is 5.11 Å². The van der Waals surface area contributed by atoms with Crippen LogP contribution in [0.4, 0.5) is 0 Å². The average molecular weight is 250 g/mol. The van der Waals surface area contributed by atoms with Crippen LogP contribution in [0.5, 0.6) is 0 Å². The Balaban J connectivity index is 2.06. The van der Waals surface area contributed by atoms with Gasteiger partial charge in [0, 0.05) is 12.0 Å². The topological polar surface area (TPSA) is 57.5 Å². The molecule has 0 spiro atoms. The molecule has 0 aromatic carbocycles. The Morgan fingerprint density at radius 3 is 2.78 bits per heavy atom. The van der Waals surface area contributed by atoms with Crippen molar-refractivity contribution in [1.29, 1.82) is 0 Å². The van der Waals surface area contributed by atoms with Gasteiger partial charge in [0.1, 0.15) is 0 Å². The fourth-order valence-corrected chi connectivity index (χ4v) is 3.41. The SMILES string of the molecule is CC(C)=CCC[C@]1(C)[C@@H]2[C@H]1C=C(C(=O)O)C[C@@H]2O. The molecule has 0 radical (unpaired) electrons. The summed E-state index contributed by atoms with van der Waals surface area (Å²) in [6.45, 7) is 6.34. The Kier molecular flexibility index (Phi) is 3.37. The van der Waals surface area contributed by atoms with Gasteiger partial charge < -0.3 is 10.2 Å². The fourth-order valence-electron chi connectivity index (χ4n) is 3.41. The molecular weight excluding hydrogens is 228 g/mol. The molecule has 4 atom stereocenters. The Morgan fingerprint density at radius 2 is 2.22 bits per heavy atom. The number of carboxylic acid groups (broad SMARTS) is 1. The lowest BCUT2D eigenvalue weighted by Gasteiger charge is -2.15. The molecule has 1 saturated carbocycles. The summed E-state index contributed by atoms with van der Waals surface area (Å²) < 4.78 is 0. The summed E-state index contributed by atoms with van der Waals surface area (Å²) in [4.78, 5) is 11.0. The van der Waals surface area contributed by atoms with Gasteiger partial charge in [-0.25, -0.2) is 4.79 Å². The first kappa shape index (κ1) is 13.3. The monoisotopic (exact) mass is 250 g/mol. The molecule has 2 aliphatic rings. The van der Waals surface area contributed by atoms with Gasteiger partial charge in [-0.2, -0.15) is 0 Å². The molecule has 18 heavy (non-hydrogen) atoms. The van der Waals surface area contributed by atoms with Crippen molar-refractivity contribution >= 4 is 5.97 Å². The van der Waals surface area contributed by atoms with Crippen LogP contribution in [0.2, 0.25) is 0 Å². The number of rotatable bonds is 4. The van der Waals surface area contributed by atoms with Gasteiger partial charge in [0.25, 0.3) is 0 Å². The number of aliphatic hydroxyl groups excluding tert-OH is 1. The van der Waals surface area contributed by atoms with Crippen LogP contribution in [0.3, 0.4) is 0 Å². The number of allylic oxidation sites excluding steroid dienone is 3. The first-order valence-electron chi connectivity index (χ1n) is 6.61. The molecule has 3 heteroatoms. The third-order valence-electron chi connectivity index (χ3n) is 4.54. The summed E-state index contributed by atoms with van der Waals surface area (Å²) >= 11 is 0. The highest BCUT2D eigenvalue weighted by Gasteiger charge is 2.63. The Labute approximate surface area is 108 Å². The van der Waals surface area contributed by atoms with Crippen molar-refractivity contribution in [3.63, 3.8) is 0 Å². The summed E-state index contributed by atoms with van der Waals surface area (Å²) in [7, 11) is 0. The van der Waals surface area contributed by atoms with E-state index in [9.17, 15) is 9.90 Å². The van der Waals surface area contributed by atoms with Gasteiger partial charge in [-0.3, -0.25) is 0 Å². The van der Waals surface area contributed by atoms with Crippen LogP contribution in [0.15, 0.2) is 23.3 Å². The average Bonchev–Trinajstić information content (AvgIpc) is 2.84. The summed E-state index contributed by atoms with van der Waals surface area (Å²) in [6.07, 6.45) is 5.94. The molecule has 0 amide bonds. The van der Waals surface area contributed by atoms with E-state index in [0.29, 0.717) is 12.0 Å². The van der Waals surface area contributed by atoms with Crippen LogP contribution in [-0.4, -0.2) is 22.3 Å². The second-order valence-electron chi connectivity index (χ2n) is 6.15. The van der Waals surface area contributed by atoms with E-state index in [2.05, 4.69) is 26.8 Å². The van der Waals surface area contributed by atoms with Crippen molar-refractivity contribution in [3.8, 4) is 0 Å². The van der Waals surface area contributed by atoms with Gasteiger partial charge in [-0.05, 0) is 43.9 Å². The predicted octanol–water partition coefficient (Wildman–Crippen LogP) is 2.76. The number of hydrogen-bond donors (Lipinski definition) is 2. The second kappa shape index (κ2) is 4.54. The van der Waals surface area contributed by atoms with E-state index >= 15 is 0 Å². The maximum absolute atomic E-state index is 11.0. The van der Waals surface area contributed by atoms with Crippen LogP contribution in [0, 0.1) is 17.3 Å². The predicted molar refractivity (Wildman–Crippen MR) is 70.1 cm³/mol. The minimum Gasteiger partial charge on any atom is -0.478 e. The number of aliphatic carboxylic acids is 1. The molecule has 2 N–H and O–H groups in total. The third kappa shape index (κ3) is 2.24. The van der Waals surface area contributed by atoms with Crippen LogP contribution in [0.1, 0.15) is 40.0 Å². The zero-order valence-corrected chi connectivity index (χ0v) is 11.3. The minimum atomic E-state index is -0.883. The van der Waals surface area contributed by atoms with E-state index in [0.717, 1.165) is 12.8 Å². The molecule has 0 aromatic heterocycles. The van der Waals surface area contributed by atoms with E-state index in [1.165, 1.54) is 5.57 Å². The van der Waals surface area contributed by atoms with Gasteiger partial charge in [0.15, 0.2) is 0 Å². The van der Waals surface area contributed by atoms with E-state index in [-0.39, 0.29) is 17.3 Å². The lowest BCUT2D eigenvalue weighted by atomic mass is 9.95. The number of carbonyl (C=O) groups is 1. The summed E-state index contributed by atoms with van der Waals surface area (Å²) in [5.41, 5.74) is 1.78. The molecule has 0 aliphatic heterocycles. The largest absolute Gasteiger partial charge is 0.478 e. The Bertz CT molecular complexity index is 417. The maximum atomic E-state index is 11.0. The molecular formula is C15H22O3. The molecule has 2 aliphatic carbocycles. The Hall–Kier alpha value is -1.09. The lowest BCUT2D eigenvalue weighted by Crippen LogP contribution is -2.20. The maximum Gasteiger partial charge on any atom is 0.331 e. The van der Waals surface area contributed by atoms with Crippen molar-refractivity contribution in [2.75, 3.05) is 0 Å². The highest BCUT2D eigenvalue weighted by atomic mass is 16.4. The minimum absolute atomic E-state index is 0.0859.